The van der Waals surface area contributed by atoms with Crippen LogP contribution in [0.1, 0.15) is 23.7 Å². The number of hydrogen-bond acceptors (Lipinski definition) is 8. The third-order valence-corrected chi connectivity index (χ3v) is 5.41. The molecule has 22 heavy (non-hydrogen) atoms. The summed E-state index contributed by atoms with van der Waals surface area (Å²) in [5.74, 6) is 0.665. The second kappa shape index (κ2) is 6.76. The van der Waals surface area contributed by atoms with Crippen LogP contribution in [0.2, 0.25) is 0 Å². The van der Waals surface area contributed by atoms with Crippen molar-refractivity contribution in [3.63, 3.8) is 0 Å². The maximum atomic E-state index is 11.5. The molecule has 1 aliphatic rings. The first kappa shape index (κ1) is 15.4. The van der Waals surface area contributed by atoms with Crippen LogP contribution in [0.5, 0.6) is 0 Å². The molecule has 0 amide bonds. The lowest BCUT2D eigenvalue weighted by Gasteiger charge is -2.25. The normalized spacial score (nSPS) is 16.7. The predicted molar refractivity (Wildman–Crippen MR) is 86.8 cm³/mol. The molecule has 0 unspecified atom stereocenters. The third kappa shape index (κ3) is 3.65. The highest BCUT2D eigenvalue weighted by atomic mass is 32.2. The quantitative estimate of drug-likeness (QED) is 0.847. The Hall–Kier alpha value is -1.45. The number of ether oxygens (including phenoxy) is 1. The molecule has 7 nitrogen and oxygen atoms in total. The summed E-state index contributed by atoms with van der Waals surface area (Å²) in [5, 5.41) is 9.41. The monoisotopic (exact) mass is 339 g/mol. The van der Waals surface area contributed by atoms with Crippen LogP contribution in [0.15, 0.2) is 15.2 Å². The zero-order valence-electron chi connectivity index (χ0n) is 12.4. The van der Waals surface area contributed by atoms with Crippen molar-refractivity contribution < 1.29 is 4.74 Å². The van der Waals surface area contributed by atoms with E-state index >= 15 is 0 Å². The lowest BCUT2D eigenvalue weighted by molar-refractivity contribution is 0.122. The second-order valence-electron chi connectivity index (χ2n) is 4.98. The van der Waals surface area contributed by atoms with Crippen LogP contribution in [0.25, 0.3) is 0 Å². The molecular formula is C13H17N5O2S2. The number of morpholine rings is 1. The summed E-state index contributed by atoms with van der Waals surface area (Å²) >= 11 is 3.12. The van der Waals surface area contributed by atoms with Gasteiger partial charge in [-0.25, -0.2) is 4.98 Å². The van der Waals surface area contributed by atoms with Crippen LogP contribution in [0, 0.1) is 6.92 Å². The van der Waals surface area contributed by atoms with Crippen LogP contribution >= 0.6 is 23.1 Å². The molecule has 3 rings (SSSR count). The standard InChI is InChI=1S/C13H17N5O2S2/c1-8-7-10(19)15-11(14-8)9(2)21-13-17-16-12(22-13)18-3-5-20-6-4-18/h7,9H,3-6H2,1-2H3,(H,14,15,19)/t9-/m1/s1. The minimum atomic E-state index is -0.124. The van der Waals surface area contributed by atoms with Crippen molar-refractivity contribution in [2.45, 2.75) is 23.4 Å². The number of nitrogens with one attached hydrogen (secondary N) is 1. The average molecular weight is 339 g/mol. The zero-order chi connectivity index (χ0) is 15.5. The fourth-order valence-electron chi connectivity index (χ4n) is 2.13. The fraction of sp³-hybridized carbons (Fsp3) is 0.538. The zero-order valence-corrected chi connectivity index (χ0v) is 14.0. The van der Waals surface area contributed by atoms with E-state index in [1.54, 1.807) is 23.1 Å². The Bertz CT molecular complexity index is 696. The highest BCUT2D eigenvalue weighted by Gasteiger charge is 2.18. The number of anilines is 1. The van der Waals surface area contributed by atoms with Crippen molar-refractivity contribution in [3.05, 3.63) is 27.9 Å². The number of aromatic amines is 1. The van der Waals surface area contributed by atoms with Gasteiger partial charge in [-0.15, -0.1) is 10.2 Å². The van der Waals surface area contributed by atoms with E-state index in [9.17, 15) is 4.79 Å². The Kier molecular flexibility index (Phi) is 4.74. The van der Waals surface area contributed by atoms with E-state index in [2.05, 4.69) is 25.1 Å². The van der Waals surface area contributed by atoms with Crippen molar-refractivity contribution in [2.75, 3.05) is 31.2 Å². The topological polar surface area (TPSA) is 84.0 Å². The van der Waals surface area contributed by atoms with E-state index in [4.69, 9.17) is 4.74 Å². The molecular weight excluding hydrogens is 322 g/mol. The minimum absolute atomic E-state index is 0.0121. The van der Waals surface area contributed by atoms with Crippen molar-refractivity contribution in [1.29, 1.82) is 0 Å². The van der Waals surface area contributed by atoms with Gasteiger partial charge in [0, 0.05) is 24.8 Å². The Morgan fingerprint density at radius 2 is 2.18 bits per heavy atom. The van der Waals surface area contributed by atoms with Gasteiger partial charge in [0.25, 0.3) is 5.56 Å². The van der Waals surface area contributed by atoms with Crippen molar-refractivity contribution in [2.24, 2.45) is 0 Å². The number of hydrogen-bond donors (Lipinski definition) is 1. The molecule has 0 aliphatic carbocycles. The minimum Gasteiger partial charge on any atom is -0.378 e. The van der Waals surface area contributed by atoms with Gasteiger partial charge >= 0.3 is 0 Å². The van der Waals surface area contributed by atoms with Crippen LogP contribution in [-0.2, 0) is 4.74 Å². The Balaban J connectivity index is 1.70. The summed E-state index contributed by atoms with van der Waals surface area (Å²) < 4.78 is 6.21. The Labute approximate surface area is 136 Å². The number of aryl methyl sites for hydroxylation is 1. The summed E-state index contributed by atoms with van der Waals surface area (Å²) in [6, 6.07) is 1.49. The van der Waals surface area contributed by atoms with Crippen LogP contribution < -0.4 is 10.5 Å². The van der Waals surface area contributed by atoms with E-state index in [1.807, 2.05) is 13.8 Å². The highest BCUT2D eigenvalue weighted by Crippen LogP contribution is 2.36. The van der Waals surface area contributed by atoms with E-state index in [1.165, 1.54) is 6.07 Å². The molecule has 1 fully saturated rings. The molecule has 2 aromatic heterocycles. The van der Waals surface area contributed by atoms with Gasteiger partial charge in [0.15, 0.2) is 4.34 Å². The van der Waals surface area contributed by atoms with Crippen molar-refractivity contribution in [3.8, 4) is 0 Å². The van der Waals surface area contributed by atoms with Gasteiger partial charge in [-0.2, -0.15) is 0 Å². The first-order chi connectivity index (χ1) is 10.6. The SMILES string of the molecule is Cc1cc(=O)[nH]c([C@@H](C)Sc2nnc(N3CCOCC3)s2)n1. The molecule has 118 valence electrons. The van der Waals surface area contributed by atoms with Gasteiger partial charge in [-0.3, -0.25) is 4.79 Å². The van der Waals surface area contributed by atoms with Crippen LogP contribution in [0.3, 0.4) is 0 Å². The number of rotatable bonds is 4. The summed E-state index contributed by atoms with van der Waals surface area (Å²) in [6.07, 6.45) is 0. The number of aromatic nitrogens is 4. The van der Waals surface area contributed by atoms with Gasteiger partial charge in [-0.1, -0.05) is 23.1 Å². The Morgan fingerprint density at radius 3 is 2.91 bits per heavy atom. The molecule has 1 atom stereocenters. The van der Waals surface area contributed by atoms with Crippen LogP contribution in [0.4, 0.5) is 5.13 Å². The lowest BCUT2D eigenvalue weighted by atomic mass is 10.4. The van der Waals surface area contributed by atoms with Crippen molar-refractivity contribution in [1.82, 2.24) is 20.2 Å². The molecule has 0 aromatic carbocycles. The maximum Gasteiger partial charge on any atom is 0.251 e. The van der Waals surface area contributed by atoms with E-state index < -0.39 is 0 Å². The fourth-order valence-corrected chi connectivity index (χ4v) is 4.23. The van der Waals surface area contributed by atoms with Gasteiger partial charge in [0.1, 0.15) is 5.82 Å². The molecule has 9 heteroatoms. The summed E-state index contributed by atoms with van der Waals surface area (Å²) in [6.45, 7) is 6.97. The predicted octanol–water partition coefficient (Wildman–Crippen LogP) is 1.62. The molecule has 0 spiro atoms. The largest absolute Gasteiger partial charge is 0.378 e. The average Bonchev–Trinajstić information content (AvgIpc) is 2.95. The molecule has 0 saturated carbocycles. The molecule has 0 radical (unpaired) electrons. The molecule has 1 N–H and O–H groups in total. The first-order valence-electron chi connectivity index (χ1n) is 7.02. The smallest absolute Gasteiger partial charge is 0.251 e. The second-order valence-corrected chi connectivity index (χ2v) is 7.53. The summed E-state index contributed by atoms with van der Waals surface area (Å²) in [4.78, 5) is 20.9. The van der Waals surface area contributed by atoms with Gasteiger partial charge in [0.2, 0.25) is 5.13 Å². The molecule has 1 saturated heterocycles. The molecule has 2 aromatic rings. The molecule has 1 aliphatic heterocycles. The van der Waals surface area contributed by atoms with Gasteiger partial charge < -0.3 is 14.6 Å². The van der Waals surface area contributed by atoms with E-state index in [0.717, 1.165) is 41.5 Å². The van der Waals surface area contributed by atoms with E-state index in [-0.39, 0.29) is 10.8 Å². The highest BCUT2D eigenvalue weighted by molar-refractivity contribution is 8.01. The van der Waals surface area contributed by atoms with Gasteiger partial charge in [0.05, 0.1) is 18.5 Å². The molecule has 3 heterocycles. The van der Waals surface area contributed by atoms with E-state index in [0.29, 0.717) is 5.82 Å². The summed E-state index contributed by atoms with van der Waals surface area (Å²) in [7, 11) is 0. The summed E-state index contributed by atoms with van der Waals surface area (Å²) in [5.41, 5.74) is 0.596. The van der Waals surface area contributed by atoms with Crippen LogP contribution in [-0.4, -0.2) is 46.5 Å². The number of thioether (sulfide) groups is 1. The number of H-pyrrole nitrogens is 1. The van der Waals surface area contributed by atoms with Gasteiger partial charge in [-0.05, 0) is 13.8 Å². The lowest BCUT2D eigenvalue weighted by Crippen LogP contribution is -2.36. The number of nitrogens with zero attached hydrogens (tertiary/aromatic N) is 4. The maximum absolute atomic E-state index is 11.5. The first-order valence-corrected chi connectivity index (χ1v) is 8.72. The third-order valence-electron chi connectivity index (χ3n) is 3.23. The Morgan fingerprint density at radius 1 is 1.41 bits per heavy atom. The molecule has 0 bridgehead atoms. The van der Waals surface area contributed by atoms with Crippen molar-refractivity contribution >= 4 is 28.2 Å².